The maximum Gasteiger partial charge on any atom is 0.263 e. The highest BCUT2D eigenvalue weighted by Gasteiger charge is 2.19. The summed E-state index contributed by atoms with van der Waals surface area (Å²) >= 11 is 2.45. The van der Waals surface area contributed by atoms with Gasteiger partial charge >= 0.3 is 0 Å². The van der Waals surface area contributed by atoms with Gasteiger partial charge in [-0.2, -0.15) is 0 Å². The molecule has 0 radical (unpaired) electrons. The van der Waals surface area contributed by atoms with Crippen molar-refractivity contribution in [1.82, 2.24) is 9.55 Å². The van der Waals surface area contributed by atoms with E-state index in [1.165, 1.54) is 28.0 Å². The van der Waals surface area contributed by atoms with Crippen LogP contribution in [0.5, 0.6) is 0 Å². The number of allylic oxidation sites excluding steroid dienone is 1. The highest BCUT2D eigenvalue weighted by Crippen LogP contribution is 2.33. The first-order valence-electron chi connectivity index (χ1n) is 9.35. The Kier molecular flexibility index (Phi) is 6.06. The van der Waals surface area contributed by atoms with E-state index in [0.29, 0.717) is 26.7 Å². The van der Waals surface area contributed by atoms with Gasteiger partial charge in [0.1, 0.15) is 22.2 Å². The summed E-state index contributed by atoms with van der Waals surface area (Å²) in [6.45, 7) is 5.80. The molecular formula is C22H18FN3O3S2. The minimum atomic E-state index is -0.511. The van der Waals surface area contributed by atoms with E-state index in [0.717, 1.165) is 17.5 Å². The summed E-state index contributed by atoms with van der Waals surface area (Å²) in [5.41, 5.74) is 0.570. The maximum atomic E-state index is 13.8. The molecule has 6 nitrogen and oxygen atoms in total. The van der Waals surface area contributed by atoms with Gasteiger partial charge in [-0.15, -0.1) is 17.9 Å². The van der Waals surface area contributed by atoms with E-state index < -0.39 is 11.7 Å². The van der Waals surface area contributed by atoms with Gasteiger partial charge < -0.3 is 9.73 Å². The van der Waals surface area contributed by atoms with Gasteiger partial charge in [0.05, 0.1) is 16.8 Å². The molecular weight excluding hydrogens is 437 g/mol. The molecule has 0 fully saturated rings. The number of carbonyl (C=O) groups is 1. The molecule has 1 amide bonds. The zero-order valence-electron chi connectivity index (χ0n) is 16.6. The number of nitrogens with zero attached hydrogens (tertiary/aromatic N) is 2. The summed E-state index contributed by atoms with van der Waals surface area (Å²) < 4.78 is 20.9. The van der Waals surface area contributed by atoms with Crippen molar-refractivity contribution in [1.29, 1.82) is 0 Å². The number of hydrogen-bond donors (Lipinski definition) is 1. The normalized spacial score (nSPS) is 11.0. The first kappa shape index (κ1) is 21.1. The zero-order valence-corrected chi connectivity index (χ0v) is 18.2. The van der Waals surface area contributed by atoms with E-state index in [1.807, 2.05) is 24.4 Å². The first-order valence-corrected chi connectivity index (χ1v) is 11.2. The second-order valence-electron chi connectivity index (χ2n) is 6.66. The number of rotatable bonds is 7. The molecule has 0 aliphatic heterocycles. The fraction of sp³-hybridized carbons (Fsp3) is 0.136. The van der Waals surface area contributed by atoms with Crippen molar-refractivity contribution in [3.63, 3.8) is 0 Å². The van der Waals surface area contributed by atoms with E-state index >= 15 is 0 Å². The Labute approximate surface area is 185 Å². The van der Waals surface area contributed by atoms with Crippen molar-refractivity contribution >= 4 is 44.9 Å². The number of furan rings is 1. The Morgan fingerprint density at radius 1 is 1.35 bits per heavy atom. The van der Waals surface area contributed by atoms with E-state index in [2.05, 4.69) is 16.9 Å². The summed E-state index contributed by atoms with van der Waals surface area (Å²) in [7, 11) is 0. The zero-order chi connectivity index (χ0) is 22.0. The van der Waals surface area contributed by atoms with E-state index in [1.54, 1.807) is 18.2 Å². The van der Waals surface area contributed by atoms with Crippen LogP contribution < -0.4 is 10.9 Å². The van der Waals surface area contributed by atoms with Crippen LogP contribution in [0.3, 0.4) is 0 Å². The van der Waals surface area contributed by atoms with Crippen molar-refractivity contribution in [2.24, 2.45) is 0 Å². The first-order chi connectivity index (χ1) is 15.0. The molecule has 4 aromatic rings. The van der Waals surface area contributed by atoms with E-state index in [4.69, 9.17) is 4.42 Å². The molecule has 0 unspecified atom stereocenters. The van der Waals surface area contributed by atoms with Crippen molar-refractivity contribution in [2.75, 3.05) is 11.1 Å². The average Bonchev–Trinajstić information content (AvgIpc) is 3.36. The van der Waals surface area contributed by atoms with Gasteiger partial charge in [0.2, 0.25) is 5.91 Å². The van der Waals surface area contributed by atoms with Crippen LogP contribution in [0.4, 0.5) is 10.1 Å². The topological polar surface area (TPSA) is 77.1 Å². The van der Waals surface area contributed by atoms with E-state index in [-0.39, 0.29) is 23.5 Å². The Hall–Kier alpha value is -3.17. The highest BCUT2D eigenvalue weighted by molar-refractivity contribution is 7.99. The number of aromatic nitrogens is 2. The predicted molar refractivity (Wildman–Crippen MR) is 122 cm³/mol. The van der Waals surface area contributed by atoms with Crippen molar-refractivity contribution < 1.29 is 13.6 Å². The maximum absolute atomic E-state index is 13.8. The minimum Gasteiger partial charge on any atom is -0.461 e. The molecule has 0 atom stereocenters. The predicted octanol–water partition coefficient (Wildman–Crippen LogP) is 5.08. The third-order valence-corrected chi connectivity index (χ3v) is 6.31. The van der Waals surface area contributed by atoms with Crippen LogP contribution in [0.15, 0.2) is 68.8 Å². The summed E-state index contributed by atoms with van der Waals surface area (Å²) in [5, 5.41) is 5.24. The largest absolute Gasteiger partial charge is 0.461 e. The third-order valence-electron chi connectivity index (χ3n) is 4.46. The standard InChI is InChI=1S/C22H18FN3O3S2/c1-3-10-26-21(28)19-14(17-9-8-13(2)29-17)11-30-20(19)25-22(26)31-12-18(27)24-16-7-5-4-6-15(16)23/h3-9,11H,1,10,12H2,2H3,(H,24,27). The molecule has 3 aromatic heterocycles. The van der Waals surface area contributed by atoms with Crippen molar-refractivity contribution in [3.05, 3.63) is 76.4 Å². The Bertz CT molecular complexity index is 1340. The number of benzene rings is 1. The Morgan fingerprint density at radius 3 is 2.87 bits per heavy atom. The number of nitrogens with one attached hydrogen (secondary N) is 1. The van der Waals surface area contributed by atoms with Crippen LogP contribution in [0, 0.1) is 12.7 Å². The number of carbonyl (C=O) groups excluding carboxylic acids is 1. The van der Waals surface area contributed by atoms with Crippen molar-refractivity contribution in [3.8, 4) is 11.3 Å². The molecule has 0 saturated carbocycles. The summed E-state index contributed by atoms with van der Waals surface area (Å²) in [5.74, 6) is 0.425. The molecule has 0 saturated heterocycles. The number of thioether (sulfide) groups is 1. The fourth-order valence-corrected chi connectivity index (χ4v) is 4.82. The van der Waals surface area contributed by atoms with Crippen LogP contribution in [0.25, 0.3) is 21.5 Å². The summed E-state index contributed by atoms with van der Waals surface area (Å²) in [6, 6.07) is 9.61. The number of halogens is 1. The molecule has 31 heavy (non-hydrogen) atoms. The average molecular weight is 456 g/mol. The molecule has 9 heteroatoms. The highest BCUT2D eigenvalue weighted by atomic mass is 32.2. The number of thiophene rings is 1. The number of anilines is 1. The van der Waals surface area contributed by atoms with Crippen LogP contribution in [0.2, 0.25) is 0 Å². The molecule has 0 aliphatic carbocycles. The van der Waals surface area contributed by atoms with Gasteiger partial charge in [0, 0.05) is 17.5 Å². The van der Waals surface area contributed by atoms with Gasteiger partial charge in [-0.25, -0.2) is 9.37 Å². The summed E-state index contributed by atoms with van der Waals surface area (Å²) in [4.78, 5) is 30.7. The summed E-state index contributed by atoms with van der Waals surface area (Å²) in [6.07, 6.45) is 1.60. The lowest BCUT2D eigenvalue weighted by molar-refractivity contribution is -0.113. The third kappa shape index (κ3) is 4.33. The van der Waals surface area contributed by atoms with Gasteiger partial charge in [-0.3, -0.25) is 14.2 Å². The lowest BCUT2D eigenvalue weighted by Gasteiger charge is -2.11. The number of para-hydroxylation sites is 1. The second kappa shape index (κ2) is 8.91. The lowest BCUT2D eigenvalue weighted by atomic mass is 10.2. The SMILES string of the molecule is C=CCn1c(SCC(=O)Nc2ccccc2F)nc2scc(-c3ccc(C)o3)c2c1=O. The quantitative estimate of drug-likeness (QED) is 0.239. The number of hydrogen-bond acceptors (Lipinski definition) is 6. The smallest absolute Gasteiger partial charge is 0.263 e. The number of fused-ring (bicyclic) bond motifs is 1. The number of aryl methyl sites for hydroxylation is 1. The number of amides is 1. The lowest BCUT2D eigenvalue weighted by Crippen LogP contribution is -2.23. The van der Waals surface area contributed by atoms with Crippen LogP contribution in [-0.2, 0) is 11.3 Å². The van der Waals surface area contributed by atoms with Gasteiger partial charge in [0.15, 0.2) is 5.16 Å². The van der Waals surface area contributed by atoms with Gasteiger partial charge in [-0.1, -0.05) is 30.0 Å². The molecule has 3 heterocycles. The minimum absolute atomic E-state index is 0.0287. The molecule has 1 aromatic carbocycles. The second-order valence-corrected chi connectivity index (χ2v) is 8.46. The van der Waals surface area contributed by atoms with Crippen LogP contribution in [-0.4, -0.2) is 21.2 Å². The molecule has 0 aliphatic rings. The molecule has 0 bridgehead atoms. The Morgan fingerprint density at radius 2 is 2.16 bits per heavy atom. The monoisotopic (exact) mass is 455 g/mol. The van der Waals surface area contributed by atoms with Crippen LogP contribution in [0.1, 0.15) is 5.76 Å². The van der Waals surface area contributed by atoms with Crippen molar-refractivity contribution in [2.45, 2.75) is 18.6 Å². The van der Waals surface area contributed by atoms with Gasteiger partial charge in [0.25, 0.3) is 5.56 Å². The Balaban J connectivity index is 1.64. The van der Waals surface area contributed by atoms with Gasteiger partial charge in [-0.05, 0) is 31.2 Å². The molecule has 1 N–H and O–H groups in total. The fourth-order valence-electron chi connectivity index (χ4n) is 3.05. The van der Waals surface area contributed by atoms with Crippen LogP contribution >= 0.6 is 23.1 Å². The van der Waals surface area contributed by atoms with E-state index in [9.17, 15) is 14.0 Å². The molecule has 4 rings (SSSR count). The molecule has 158 valence electrons. The molecule has 0 spiro atoms.